The van der Waals surface area contributed by atoms with Gasteiger partial charge in [0.15, 0.2) is 0 Å². The highest BCUT2D eigenvalue weighted by molar-refractivity contribution is 5.33. The highest BCUT2D eigenvalue weighted by Gasteiger charge is 1.98. The Balaban J connectivity index is 2.64. The van der Waals surface area contributed by atoms with Crippen molar-refractivity contribution < 1.29 is 4.74 Å². The maximum Gasteiger partial charge on any atom is 0.122 e. The fourth-order valence-corrected chi connectivity index (χ4v) is 1.32. The molecule has 0 heterocycles. The molecule has 0 aliphatic heterocycles. The number of rotatable bonds is 4. The molecular weight excluding hydrogens is 160 g/mol. The van der Waals surface area contributed by atoms with E-state index in [1.54, 1.807) is 7.11 Å². The molecule has 0 fully saturated rings. The molecule has 0 radical (unpaired) electrons. The molecule has 70 valence electrons. The van der Waals surface area contributed by atoms with E-state index in [4.69, 9.17) is 4.74 Å². The molecule has 13 heavy (non-hydrogen) atoms. The van der Waals surface area contributed by atoms with Crippen molar-refractivity contribution in [3.63, 3.8) is 0 Å². The molecule has 1 rings (SSSR count). The third kappa shape index (κ3) is 2.94. The van der Waals surface area contributed by atoms with Crippen LogP contribution in [-0.4, -0.2) is 7.11 Å². The molecule has 0 aliphatic rings. The zero-order chi connectivity index (χ0) is 9.52. The van der Waals surface area contributed by atoms with Crippen molar-refractivity contribution in [2.45, 2.75) is 19.8 Å². The zero-order valence-corrected chi connectivity index (χ0v) is 8.29. The first-order chi connectivity index (χ1) is 6.38. The third-order valence-corrected chi connectivity index (χ3v) is 2.01. The van der Waals surface area contributed by atoms with Crippen LogP contribution in [0.15, 0.2) is 36.4 Å². The van der Waals surface area contributed by atoms with Crippen LogP contribution < -0.4 is 4.74 Å². The molecule has 1 nitrogen and oxygen atoms in total. The van der Waals surface area contributed by atoms with Gasteiger partial charge in [-0.15, -0.1) is 0 Å². The van der Waals surface area contributed by atoms with Gasteiger partial charge in [-0.05, 0) is 31.4 Å². The topological polar surface area (TPSA) is 9.23 Å². The van der Waals surface area contributed by atoms with E-state index in [2.05, 4.69) is 18.2 Å². The van der Waals surface area contributed by atoms with Gasteiger partial charge >= 0.3 is 0 Å². The van der Waals surface area contributed by atoms with E-state index in [9.17, 15) is 0 Å². The molecular formula is C12H16O. The second-order valence-corrected chi connectivity index (χ2v) is 2.92. The largest absolute Gasteiger partial charge is 0.496 e. The Morgan fingerprint density at radius 1 is 1.31 bits per heavy atom. The van der Waals surface area contributed by atoms with Crippen molar-refractivity contribution in [2.24, 2.45) is 0 Å². The van der Waals surface area contributed by atoms with Crippen LogP contribution in [0.4, 0.5) is 0 Å². The lowest BCUT2D eigenvalue weighted by Gasteiger charge is -2.05. The Labute approximate surface area is 80.0 Å². The Bertz CT molecular complexity index is 276. The summed E-state index contributed by atoms with van der Waals surface area (Å²) < 4.78 is 5.25. The average molecular weight is 176 g/mol. The maximum atomic E-state index is 5.25. The lowest BCUT2D eigenvalue weighted by Crippen LogP contribution is -1.90. The zero-order valence-electron chi connectivity index (χ0n) is 8.29. The van der Waals surface area contributed by atoms with Crippen LogP contribution in [0.3, 0.4) is 0 Å². The fraction of sp³-hybridized carbons (Fsp3) is 0.333. The van der Waals surface area contributed by atoms with Gasteiger partial charge in [0.1, 0.15) is 5.75 Å². The molecule has 1 heteroatoms. The molecule has 0 bridgehead atoms. The molecule has 0 atom stereocenters. The van der Waals surface area contributed by atoms with E-state index in [1.807, 2.05) is 25.1 Å². The predicted octanol–water partition coefficient (Wildman–Crippen LogP) is 3.20. The molecule has 0 aromatic heterocycles. The Morgan fingerprint density at radius 2 is 2.08 bits per heavy atom. The van der Waals surface area contributed by atoms with Crippen molar-refractivity contribution in [3.05, 3.63) is 42.0 Å². The second-order valence-electron chi connectivity index (χ2n) is 2.92. The number of allylic oxidation sites excluding steroid dienone is 2. The number of methoxy groups -OCH3 is 1. The standard InChI is InChI=1S/C12H16O/c1-3-4-5-8-11-9-6-7-10-12(11)13-2/h3-4,6-7,9-10H,5,8H2,1-2H3. The number of aryl methyl sites for hydroxylation is 1. The van der Waals surface area contributed by atoms with Gasteiger partial charge in [-0.1, -0.05) is 30.4 Å². The SMILES string of the molecule is CC=CCCc1ccccc1OC. The van der Waals surface area contributed by atoms with E-state index in [0.29, 0.717) is 0 Å². The average Bonchev–Trinajstić information content (AvgIpc) is 2.19. The van der Waals surface area contributed by atoms with Gasteiger partial charge in [0, 0.05) is 0 Å². The molecule has 1 aromatic carbocycles. The Kier molecular flexibility index (Phi) is 4.10. The van der Waals surface area contributed by atoms with E-state index < -0.39 is 0 Å². The quantitative estimate of drug-likeness (QED) is 0.640. The lowest BCUT2D eigenvalue weighted by atomic mass is 10.1. The number of ether oxygens (including phenoxy) is 1. The molecule has 0 unspecified atom stereocenters. The molecule has 1 aromatic rings. The summed E-state index contributed by atoms with van der Waals surface area (Å²) in [6, 6.07) is 8.17. The maximum absolute atomic E-state index is 5.25. The minimum absolute atomic E-state index is 0.993. The summed E-state index contributed by atoms with van der Waals surface area (Å²) >= 11 is 0. The number of hydrogen-bond acceptors (Lipinski definition) is 1. The summed E-state index contributed by atoms with van der Waals surface area (Å²) in [6.07, 6.45) is 6.38. The summed E-state index contributed by atoms with van der Waals surface area (Å²) in [5.74, 6) is 0.993. The van der Waals surface area contributed by atoms with Crippen molar-refractivity contribution in [1.29, 1.82) is 0 Å². The van der Waals surface area contributed by atoms with Crippen molar-refractivity contribution >= 4 is 0 Å². The van der Waals surface area contributed by atoms with Crippen LogP contribution in [0.25, 0.3) is 0 Å². The van der Waals surface area contributed by atoms with Gasteiger partial charge in [0.25, 0.3) is 0 Å². The number of para-hydroxylation sites is 1. The molecule has 0 saturated heterocycles. The molecule has 0 saturated carbocycles. The van der Waals surface area contributed by atoms with Crippen LogP contribution in [0, 0.1) is 0 Å². The van der Waals surface area contributed by atoms with Gasteiger partial charge in [-0.3, -0.25) is 0 Å². The fourth-order valence-electron chi connectivity index (χ4n) is 1.32. The summed E-state index contributed by atoms with van der Waals surface area (Å²) in [5, 5.41) is 0. The van der Waals surface area contributed by atoms with Gasteiger partial charge in [-0.2, -0.15) is 0 Å². The van der Waals surface area contributed by atoms with Crippen molar-refractivity contribution in [1.82, 2.24) is 0 Å². The molecule has 0 amide bonds. The summed E-state index contributed by atoms with van der Waals surface area (Å²) in [4.78, 5) is 0. The smallest absolute Gasteiger partial charge is 0.122 e. The monoisotopic (exact) mass is 176 g/mol. The van der Waals surface area contributed by atoms with Crippen LogP contribution in [0.1, 0.15) is 18.9 Å². The first-order valence-corrected chi connectivity index (χ1v) is 4.61. The number of hydrogen-bond donors (Lipinski definition) is 0. The number of benzene rings is 1. The van der Waals surface area contributed by atoms with E-state index in [1.165, 1.54) is 5.56 Å². The van der Waals surface area contributed by atoms with E-state index in [-0.39, 0.29) is 0 Å². The van der Waals surface area contributed by atoms with Crippen LogP contribution in [-0.2, 0) is 6.42 Å². The highest BCUT2D eigenvalue weighted by atomic mass is 16.5. The molecule has 0 spiro atoms. The Hall–Kier alpha value is -1.24. The van der Waals surface area contributed by atoms with Gasteiger partial charge in [0.05, 0.1) is 7.11 Å². The third-order valence-electron chi connectivity index (χ3n) is 2.01. The summed E-state index contributed by atoms with van der Waals surface area (Å²) in [7, 11) is 1.72. The molecule has 0 aliphatic carbocycles. The minimum atomic E-state index is 0.993. The molecule has 0 N–H and O–H groups in total. The van der Waals surface area contributed by atoms with E-state index in [0.717, 1.165) is 18.6 Å². The summed E-state index contributed by atoms with van der Waals surface area (Å²) in [6.45, 7) is 2.04. The normalized spacial score (nSPS) is 10.6. The second kappa shape index (κ2) is 5.41. The first-order valence-electron chi connectivity index (χ1n) is 4.61. The summed E-state index contributed by atoms with van der Waals surface area (Å²) in [5.41, 5.74) is 1.28. The Morgan fingerprint density at radius 3 is 2.77 bits per heavy atom. The predicted molar refractivity (Wildman–Crippen MR) is 56.1 cm³/mol. The minimum Gasteiger partial charge on any atom is -0.496 e. The van der Waals surface area contributed by atoms with Crippen LogP contribution in [0.2, 0.25) is 0 Å². The van der Waals surface area contributed by atoms with E-state index >= 15 is 0 Å². The van der Waals surface area contributed by atoms with Crippen LogP contribution >= 0.6 is 0 Å². The van der Waals surface area contributed by atoms with Gasteiger partial charge in [-0.25, -0.2) is 0 Å². The highest BCUT2D eigenvalue weighted by Crippen LogP contribution is 2.18. The van der Waals surface area contributed by atoms with Crippen LogP contribution in [0.5, 0.6) is 5.75 Å². The van der Waals surface area contributed by atoms with Crippen molar-refractivity contribution in [3.8, 4) is 5.75 Å². The van der Waals surface area contributed by atoms with Gasteiger partial charge < -0.3 is 4.74 Å². The first kappa shape index (κ1) is 9.85. The van der Waals surface area contributed by atoms with Crippen molar-refractivity contribution in [2.75, 3.05) is 7.11 Å². The van der Waals surface area contributed by atoms with Gasteiger partial charge in [0.2, 0.25) is 0 Å². The lowest BCUT2D eigenvalue weighted by molar-refractivity contribution is 0.409.